The van der Waals surface area contributed by atoms with Crippen LogP contribution < -0.4 is 4.74 Å². The summed E-state index contributed by atoms with van der Waals surface area (Å²) in [4.78, 5) is 0. The van der Waals surface area contributed by atoms with E-state index in [1.165, 1.54) is 0 Å². The molecule has 0 radical (unpaired) electrons. The van der Waals surface area contributed by atoms with E-state index in [2.05, 4.69) is 21.0 Å². The van der Waals surface area contributed by atoms with E-state index in [-0.39, 0.29) is 6.29 Å². The second-order valence-electron chi connectivity index (χ2n) is 5.67. The Hall–Kier alpha value is -2.15. The van der Waals surface area contributed by atoms with Crippen LogP contribution in [0, 0.1) is 0 Å². The van der Waals surface area contributed by atoms with Crippen molar-refractivity contribution in [1.29, 1.82) is 0 Å². The molecule has 3 aromatic rings. The number of benzene rings is 2. The Morgan fingerprint density at radius 2 is 1.77 bits per heavy atom. The molecule has 0 aliphatic rings. The fourth-order valence-electron chi connectivity index (χ4n) is 2.68. The molecule has 0 atom stereocenters. The average Bonchev–Trinajstić information content (AvgIpc) is 3.07. The summed E-state index contributed by atoms with van der Waals surface area (Å²) in [6.07, 6.45) is -0.381. The monoisotopic (exact) mass is 416 g/mol. The van der Waals surface area contributed by atoms with Gasteiger partial charge in [0.15, 0.2) is 6.29 Å². The van der Waals surface area contributed by atoms with Crippen molar-refractivity contribution in [3.63, 3.8) is 0 Å². The molecule has 136 valence electrons. The molecule has 1 heterocycles. The summed E-state index contributed by atoms with van der Waals surface area (Å²) in [6.45, 7) is 2.76. The molecule has 6 heteroatoms. The van der Waals surface area contributed by atoms with Crippen molar-refractivity contribution in [1.82, 2.24) is 9.78 Å². The Morgan fingerprint density at radius 3 is 2.38 bits per heavy atom. The SMILES string of the molecule is CCn1nc(-c2cccc(Br)c2)cc1Oc1ccc(C(OC)OC)cc1. The van der Waals surface area contributed by atoms with Crippen LogP contribution in [0.1, 0.15) is 18.8 Å². The zero-order chi connectivity index (χ0) is 18.5. The van der Waals surface area contributed by atoms with E-state index < -0.39 is 0 Å². The Morgan fingerprint density at radius 1 is 1.04 bits per heavy atom. The zero-order valence-corrected chi connectivity index (χ0v) is 16.6. The number of ether oxygens (including phenoxy) is 3. The predicted molar refractivity (Wildman–Crippen MR) is 104 cm³/mol. The van der Waals surface area contributed by atoms with E-state index in [0.29, 0.717) is 5.88 Å². The molecular weight excluding hydrogens is 396 g/mol. The molecule has 0 N–H and O–H groups in total. The molecule has 5 nitrogen and oxygen atoms in total. The highest BCUT2D eigenvalue weighted by molar-refractivity contribution is 9.10. The number of rotatable bonds is 7. The van der Waals surface area contributed by atoms with Crippen LogP contribution in [0.15, 0.2) is 59.1 Å². The lowest BCUT2D eigenvalue weighted by atomic mass is 10.2. The van der Waals surface area contributed by atoms with E-state index in [0.717, 1.165) is 33.6 Å². The first-order valence-electron chi connectivity index (χ1n) is 8.31. The summed E-state index contributed by atoms with van der Waals surface area (Å²) in [5.74, 6) is 1.43. The van der Waals surface area contributed by atoms with Crippen LogP contribution in [-0.4, -0.2) is 24.0 Å². The van der Waals surface area contributed by atoms with E-state index in [4.69, 9.17) is 14.2 Å². The highest BCUT2D eigenvalue weighted by Crippen LogP contribution is 2.29. The van der Waals surface area contributed by atoms with Crippen LogP contribution in [-0.2, 0) is 16.0 Å². The summed E-state index contributed by atoms with van der Waals surface area (Å²) < 4.78 is 19.4. The lowest BCUT2D eigenvalue weighted by Gasteiger charge is -2.14. The third-order valence-electron chi connectivity index (χ3n) is 3.97. The molecule has 0 saturated heterocycles. The smallest absolute Gasteiger partial charge is 0.218 e. The number of aryl methyl sites for hydroxylation is 1. The Bertz CT molecular complexity index is 858. The topological polar surface area (TPSA) is 45.5 Å². The Kier molecular flexibility index (Phi) is 6.08. The van der Waals surface area contributed by atoms with Crippen molar-refractivity contribution >= 4 is 15.9 Å². The van der Waals surface area contributed by atoms with Gasteiger partial charge in [0.05, 0.1) is 5.69 Å². The van der Waals surface area contributed by atoms with Crippen LogP contribution >= 0.6 is 15.9 Å². The van der Waals surface area contributed by atoms with Crippen molar-refractivity contribution in [2.75, 3.05) is 14.2 Å². The summed E-state index contributed by atoms with van der Waals surface area (Å²) in [7, 11) is 3.23. The molecule has 1 aromatic heterocycles. The molecule has 0 aliphatic carbocycles. The number of hydrogen-bond acceptors (Lipinski definition) is 4. The van der Waals surface area contributed by atoms with Gasteiger partial charge in [-0.3, -0.25) is 0 Å². The van der Waals surface area contributed by atoms with Gasteiger partial charge < -0.3 is 14.2 Å². The average molecular weight is 417 g/mol. The van der Waals surface area contributed by atoms with Gasteiger partial charge in [-0.05, 0) is 31.2 Å². The molecule has 0 amide bonds. The minimum absolute atomic E-state index is 0.381. The predicted octanol–water partition coefficient (Wildman–Crippen LogP) is 5.42. The molecule has 0 unspecified atom stereocenters. The lowest BCUT2D eigenvalue weighted by Crippen LogP contribution is -2.03. The number of halogens is 1. The van der Waals surface area contributed by atoms with E-state index in [9.17, 15) is 0 Å². The van der Waals surface area contributed by atoms with Gasteiger partial charge in [-0.1, -0.05) is 40.2 Å². The lowest BCUT2D eigenvalue weighted by molar-refractivity contribution is -0.106. The molecule has 0 spiro atoms. The molecular formula is C20H21BrN2O3. The van der Waals surface area contributed by atoms with Gasteiger partial charge in [-0.15, -0.1) is 0 Å². The van der Waals surface area contributed by atoms with Crippen LogP contribution in [0.25, 0.3) is 11.3 Å². The minimum Gasteiger partial charge on any atom is -0.439 e. The summed E-state index contributed by atoms with van der Waals surface area (Å²) >= 11 is 3.50. The highest BCUT2D eigenvalue weighted by atomic mass is 79.9. The molecule has 0 fully saturated rings. The van der Waals surface area contributed by atoms with Crippen molar-refractivity contribution in [3.8, 4) is 22.9 Å². The number of methoxy groups -OCH3 is 2. The van der Waals surface area contributed by atoms with Crippen molar-refractivity contribution in [2.45, 2.75) is 19.8 Å². The Labute approximate surface area is 161 Å². The zero-order valence-electron chi connectivity index (χ0n) is 15.0. The first-order chi connectivity index (χ1) is 12.6. The third-order valence-corrected chi connectivity index (χ3v) is 4.46. The fourth-order valence-corrected chi connectivity index (χ4v) is 3.08. The first kappa shape index (κ1) is 18.6. The van der Waals surface area contributed by atoms with Crippen LogP contribution in [0.5, 0.6) is 11.6 Å². The van der Waals surface area contributed by atoms with E-state index in [1.807, 2.05) is 66.2 Å². The van der Waals surface area contributed by atoms with Crippen molar-refractivity contribution in [3.05, 3.63) is 64.6 Å². The van der Waals surface area contributed by atoms with E-state index >= 15 is 0 Å². The molecule has 26 heavy (non-hydrogen) atoms. The van der Waals surface area contributed by atoms with E-state index in [1.54, 1.807) is 14.2 Å². The summed E-state index contributed by atoms with van der Waals surface area (Å²) in [6, 6.07) is 17.6. The number of nitrogens with zero attached hydrogens (tertiary/aromatic N) is 2. The normalized spacial score (nSPS) is 11.1. The standard InChI is InChI=1S/C20H21BrN2O3/c1-4-23-19(13-18(22-23)15-6-5-7-16(21)12-15)26-17-10-8-14(9-11-17)20(24-2)25-3/h5-13,20H,4H2,1-3H3. The third kappa shape index (κ3) is 4.15. The Balaban J connectivity index is 1.83. The second-order valence-corrected chi connectivity index (χ2v) is 6.58. The first-order valence-corrected chi connectivity index (χ1v) is 9.11. The van der Waals surface area contributed by atoms with Crippen molar-refractivity contribution < 1.29 is 14.2 Å². The molecule has 0 aliphatic heterocycles. The fraction of sp³-hybridized carbons (Fsp3) is 0.250. The maximum atomic E-state index is 6.04. The molecule has 3 rings (SSSR count). The largest absolute Gasteiger partial charge is 0.439 e. The van der Waals surface area contributed by atoms with Gasteiger partial charge in [-0.25, -0.2) is 4.68 Å². The van der Waals surface area contributed by atoms with Crippen LogP contribution in [0.4, 0.5) is 0 Å². The minimum atomic E-state index is -0.381. The van der Waals surface area contributed by atoms with Gasteiger partial charge in [0.25, 0.3) is 0 Å². The quantitative estimate of drug-likeness (QED) is 0.482. The van der Waals surface area contributed by atoms with Gasteiger partial charge in [0, 0.05) is 42.4 Å². The second kappa shape index (κ2) is 8.49. The molecule has 2 aromatic carbocycles. The van der Waals surface area contributed by atoms with Crippen LogP contribution in [0.2, 0.25) is 0 Å². The highest BCUT2D eigenvalue weighted by Gasteiger charge is 2.12. The number of aromatic nitrogens is 2. The maximum Gasteiger partial charge on any atom is 0.218 e. The van der Waals surface area contributed by atoms with Gasteiger partial charge in [0.1, 0.15) is 5.75 Å². The summed E-state index contributed by atoms with van der Waals surface area (Å²) in [5, 5.41) is 4.64. The number of hydrogen-bond donors (Lipinski definition) is 0. The van der Waals surface area contributed by atoms with Gasteiger partial charge in [-0.2, -0.15) is 5.10 Å². The van der Waals surface area contributed by atoms with Gasteiger partial charge >= 0.3 is 0 Å². The van der Waals surface area contributed by atoms with Gasteiger partial charge in [0.2, 0.25) is 5.88 Å². The maximum absolute atomic E-state index is 6.04. The van der Waals surface area contributed by atoms with Crippen molar-refractivity contribution in [2.24, 2.45) is 0 Å². The molecule has 0 bridgehead atoms. The molecule has 0 saturated carbocycles. The van der Waals surface area contributed by atoms with Crippen LogP contribution in [0.3, 0.4) is 0 Å². The summed E-state index contributed by atoms with van der Waals surface area (Å²) in [5.41, 5.74) is 2.84.